The third-order valence-electron chi connectivity index (χ3n) is 2.14. The Labute approximate surface area is 85.7 Å². The summed E-state index contributed by atoms with van der Waals surface area (Å²) in [6, 6.07) is 1.44. The Morgan fingerprint density at radius 1 is 1.64 bits per heavy atom. The maximum atomic E-state index is 11.5. The van der Waals surface area contributed by atoms with Crippen molar-refractivity contribution in [1.29, 1.82) is 5.26 Å². The minimum atomic E-state index is 0.00227. The first-order chi connectivity index (χ1) is 6.76. The molecule has 1 aromatic rings. The van der Waals surface area contributed by atoms with Crippen LogP contribution >= 0.6 is 11.8 Å². The molecule has 1 aliphatic rings. The number of thiol groups is 1. The van der Waals surface area contributed by atoms with Crippen LogP contribution in [0.2, 0.25) is 0 Å². The molecule has 1 radical (unpaired) electrons. The molecule has 0 atom stereocenters. The van der Waals surface area contributed by atoms with Gasteiger partial charge in [-0.3, -0.25) is 4.79 Å². The molecule has 0 aliphatic carbocycles. The average Bonchev–Trinajstić information content (AvgIpc) is 2.63. The van der Waals surface area contributed by atoms with E-state index < -0.39 is 0 Å². The second-order valence-corrected chi connectivity index (χ2v) is 4.21. The van der Waals surface area contributed by atoms with Gasteiger partial charge in [-0.15, -0.1) is 11.8 Å². The highest BCUT2D eigenvalue weighted by atomic mass is 32.2. The Morgan fingerprint density at radius 2 is 2.43 bits per heavy atom. The van der Waals surface area contributed by atoms with Crippen molar-refractivity contribution >= 4 is 17.8 Å². The van der Waals surface area contributed by atoms with Gasteiger partial charge in [-0.2, -0.15) is 5.26 Å². The van der Waals surface area contributed by atoms with E-state index in [1.54, 1.807) is 0 Å². The standard InChI is InChI=1S/C10H9N2OS/c1-2-7-5-8-9(13)3-4-12(6-11)10(8)14-7/h3-5,14H,2H2,1H3. The molecule has 14 heavy (non-hydrogen) atoms. The molecule has 3 nitrogen and oxygen atoms in total. The lowest BCUT2D eigenvalue weighted by Gasteiger charge is -2.03. The highest BCUT2D eigenvalue weighted by Crippen LogP contribution is 2.37. The highest BCUT2D eigenvalue weighted by Gasteiger charge is 2.16. The fraction of sp³-hybridized carbons (Fsp3) is 0.200. The summed E-state index contributed by atoms with van der Waals surface area (Å²) in [5.74, 6) is 0. The van der Waals surface area contributed by atoms with Crippen molar-refractivity contribution in [3.8, 4) is 6.19 Å². The number of fused-ring (bicyclic) bond motifs is 1. The van der Waals surface area contributed by atoms with E-state index in [2.05, 4.69) is 0 Å². The van der Waals surface area contributed by atoms with E-state index in [-0.39, 0.29) is 5.43 Å². The molecular weight excluding hydrogens is 196 g/mol. The van der Waals surface area contributed by atoms with E-state index >= 15 is 0 Å². The fourth-order valence-corrected chi connectivity index (χ4v) is 2.53. The van der Waals surface area contributed by atoms with Gasteiger partial charge in [-0.05, 0) is 17.4 Å². The molecule has 0 N–H and O–H groups in total. The molecular formula is C10H9N2OS. The Bertz CT molecular complexity index is 508. The summed E-state index contributed by atoms with van der Waals surface area (Å²) in [5.41, 5.74) is 0.676. The SMILES string of the molecule is CCC1=Cc2c(n(C#N)ccc2=O)[SH]1. The van der Waals surface area contributed by atoms with E-state index in [9.17, 15) is 4.79 Å². The van der Waals surface area contributed by atoms with Crippen LogP contribution in [0, 0.1) is 11.5 Å². The van der Waals surface area contributed by atoms with Crippen LogP contribution in [0.3, 0.4) is 0 Å². The molecule has 0 bridgehead atoms. The topological polar surface area (TPSA) is 45.8 Å². The predicted octanol–water partition coefficient (Wildman–Crippen LogP) is 1.77. The molecule has 4 heteroatoms. The Balaban J connectivity index is 2.64. The molecule has 0 spiro atoms. The maximum Gasteiger partial charge on any atom is 0.190 e. The van der Waals surface area contributed by atoms with E-state index in [4.69, 9.17) is 5.26 Å². The number of hydrogen-bond donors (Lipinski definition) is 1. The molecule has 0 saturated carbocycles. The van der Waals surface area contributed by atoms with Crippen LogP contribution in [0.25, 0.3) is 6.08 Å². The summed E-state index contributed by atoms with van der Waals surface area (Å²) in [6.07, 6.45) is 6.38. The summed E-state index contributed by atoms with van der Waals surface area (Å²) in [6.45, 7) is 2.05. The van der Waals surface area contributed by atoms with Gasteiger partial charge in [0, 0.05) is 12.3 Å². The normalized spacial score (nSPS) is 13.3. The van der Waals surface area contributed by atoms with Crippen molar-refractivity contribution in [3.63, 3.8) is 0 Å². The molecule has 71 valence electrons. The van der Waals surface area contributed by atoms with Gasteiger partial charge in [0.15, 0.2) is 11.6 Å². The van der Waals surface area contributed by atoms with Crippen molar-refractivity contribution in [2.45, 2.75) is 18.4 Å². The van der Waals surface area contributed by atoms with Gasteiger partial charge in [0.05, 0.1) is 10.6 Å². The van der Waals surface area contributed by atoms with E-state index in [1.807, 2.05) is 19.2 Å². The average molecular weight is 205 g/mol. The Hall–Kier alpha value is -1.47. The third-order valence-corrected chi connectivity index (χ3v) is 3.54. The highest BCUT2D eigenvalue weighted by molar-refractivity contribution is 8.03. The minimum absolute atomic E-state index is 0.00227. The quantitative estimate of drug-likeness (QED) is 0.710. The number of nitrogens with zero attached hydrogens (tertiary/aromatic N) is 2. The van der Waals surface area contributed by atoms with Crippen LogP contribution in [0.15, 0.2) is 27.0 Å². The van der Waals surface area contributed by atoms with Gasteiger partial charge >= 0.3 is 0 Å². The monoisotopic (exact) mass is 205 g/mol. The Kier molecular flexibility index (Phi) is 2.18. The zero-order valence-corrected chi connectivity index (χ0v) is 8.58. The van der Waals surface area contributed by atoms with Crippen LogP contribution in [-0.2, 0) is 0 Å². The lowest BCUT2D eigenvalue weighted by Crippen LogP contribution is -2.08. The van der Waals surface area contributed by atoms with Gasteiger partial charge in [0.2, 0.25) is 0 Å². The van der Waals surface area contributed by atoms with Crippen molar-refractivity contribution in [3.05, 3.63) is 33.0 Å². The van der Waals surface area contributed by atoms with Crippen LogP contribution in [0.1, 0.15) is 18.9 Å². The van der Waals surface area contributed by atoms with Gasteiger partial charge in [-0.25, -0.2) is 4.57 Å². The van der Waals surface area contributed by atoms with Gasteiger partial charge < -0.3 is 0 Å². The molecule has 2 heterocycles. The minimum Gasteiger partial charge on any atom is -0.289 e. The first kappa shape index (κ1) is 9.10. The van der Waals surface area contributed by atoms with Crippen LogP contribution < -0.4 is 5.43 Å². The second-order valence-electron chi connectivity index (χ2n) is 2.99. The molecule has 1 aliphatic heterocycles. The van der Waals surface area contributed by atoms with Crippen LogP contribution in [0.4, 0.5) is 0 Å². The van der Waals surface area contributed by atoms with Crippen molar-refractivity contribution in [1.82, 2.24) is 4.57 Å². The molecule has 0 amide bonds. The zero-order valence-electron chi connectivity index (χ0n) is 7.69. The summed E-state index contributed by atoms with van der Waals surface area (Å²) < 4.78 is 1.46. The lowest BCUT2D eigenvalue weighted by molar-refractivity contribution is 0.926. The summed E-state index contributed by atoms with van der Waals surface area (Å²) in [5, 5.41) is 9.64. The molecule has 1 aromatic heterocycles. The number of allylic oxidation sites excluding steroid dienone is 1. The van der Waals surface area contributed by atoms with E-state index in [0.29, 0.717) is 5.56 Å². The van der Waals surface area contributed by atoms with Crippen molar-refractivity contribution < 1.29 is 0 Å². The zero-order chi connectivity index (χ0) is 10.1. The number of rotatable bonds is 1. The number of nitriles is 1. The smallest absolute Gasteiger partial charge is 0.190 e. The first-order valence-electron chi connectivity index (χ1n) is 4.34. The van der Waals surface area contributed by atoms with Gasteiger partial charge in [0.1, 0.15) is 0 Å². The lowest BCUT2D eigenvalue weighted by atomic mass is 10.2. The van der Waals surface area contributed by atoms with Gasteiger partial charge in [0.25, 0.3) is 0 Å². The maximum absolute atomic E-state index is 11.5. The third kappa shape index (κ3) is 1.26. The summed E-state index contributed by atoms with van der Waals surface area (Å²) >= 11 is 0.989. The molecule has 0 saturated heterocycles. The molecule has 2 rings (SSSR count). The van der Waals surface area contributed by atoms with Crippen molar-refractivity contribution in [2.24, 2.45) is 0 Å². The summed E-state index contributed by atoms with van der Waals surface area (Å²) in [7, 11) is 0. The van der Waals surface area contributed by atoms with E-state index in [1.165, 1.54) is 21.7 Å². The molecule has 0 unspecified atom stereocenters. The van der Waals surface area contributed by atoms with Gasteiger partial charge in [-0.1, -0.05) is 6.92 Å². The fourth-order valence-electron chi connectivity index (χ4n) is 1.39. The number of hydrogen-bond acceptors (Lipinski definition) is 2. The molecule has 0 aromatic carbocycles. The number of aromatic nitrogens is 1. The molecule has 0 fully saturated rings. The van der Waals surface area contributed by atoms with E-state index in [0.717, 1.165) is 23.2 Å². The van der Waals surface area contributed by atoms with Crippen LogP contribution in [0.5, 0.6) is 0 Å². The van der Waals surface area contributed by atoms with Crippen LogP contribution in [-0.4, -0.2) is 4.57 Å². The first-order valence-corrected chi connectivity index (χ1v) is 5.23. The van der Waals surface area contributed by atoms with Crippen molar-refractivity contribution in [2.75, 3.05) is 0 Å². The predicted molar refractivity (Wildman–Crippen MR) is 57.2 cm³/mol. The second kappa shape index (κ2) is 3.35. The largest absolute Gasteiger partial charge is 0.289 e. The summed E-state index contributed by atoms with van der Waals surface area (Å²) in [4.78, 5) is 12.7. The number of pyridine rings is 1. The Morgan fingerprint density at radius 3 is 3.07 bits per heavy atom.